The quantitative estimate of drug-likeness (QED) is 0.725. The highest BCUT2D eigenvalue weighted by molar-refractivity contribution is 6.30. The van der Waals surface area contributed by atoms with Crippen molar-refractivity contribution in [3.05, 3.63) is 29.0 Å². The summed E-state index contributed by atoms with van der Waals surface area (Å²) in [7, 11) is 0. The highest BCUT2D eigenvalue weighted by Crippen LogP contribution is 2.21. The fourth-order valence-electron chi connectivity index (χ4n) is 1.64. The Balaban J connectivity index is 2.24. The molecule has 0 unspecified atom stereocenters. The molecule has 0 heterocycles. The van der Waals surface area contributed by atoms with E-state index in [0.717, 1.165) is 12.8 Å². The molecule has 2 N–H and O–H groups in total. The molecule has 4 nitrogen and oxygen atoms in total. The Bertz CT molecular complexity index is 480. The number of aliphatic hydroxyl groups is 1. The van der Waals surface area contributed by atoms with E-state index in [4.69, 9.17) is 21.4 Å². The normalized spacial score (nSPS) is 11.3. The summed E-state index contributed by atoms with van der Waals surface area (Å²) in [6.07, 6.45) is 1.60. The van der Waals surface area contributed by atoms with Crippen LogP contribution in [0, 0.1) is 11.2 Å². The Kier molecular flexibility index (Phi) is 6.92. The van der Waals surface area contributed by atoms with Gasteiger partial charge in [0.2, 0.25) is 0 Å². The molecule has 0 saturated heterocycles. The summed E-state index contributed by atoms with van der Waals surface area (Å²) in [5.74, 6) is -0.435. The van der Waals surface area contributed by atoms with Gasteiger partial charge in [-0.25, -0.2) is 4.39 Å². The Hall–Kier alpha value is -1.33. The maximum Gasteiger partial charge on any atom is 0.257 e. The highest BCUT2D eigenvalue weighted by atomic mass is 35.5. The van der Waals surface area contributed by atoms with E-state index < -0.39 is 5.82 Å². The second-order valence-electron chi connectivity index (χ2n) is 5.64. The van der Waals surface area contributed by atoms with Crippen LogP contribution in [0.3, 0.4) is 0 Å². The molecule has 1 aromatic rings. The van der Waals surface area contributed by atoms with E-state index >= 15 is 0 Å². The second kappa shape index (κ2) is 8.20. The first kappa shape index (κ1) is 17.7. The summed E-state index contributed by atoms with van der Waals surface area (Å²) < 4.78 is 18.2. The lowest BCUT2D eigenvalue weighted by Gasteiger charge is -2.21. The van der Waals surface area contributed by atoms with Crippen LogP contribution in [0.5, 0.6) is 5.75 Å². The Morgan fingerprint density at radius 3 is 2.81 bits per heavy atom. The standard InChI is InChI=1S/C15H21ClFNO3/c1-15(2,10-19)6-3-7-18-14(20)9-21-11-4-5-13(17)12(16)8-11/h4-5,8,19H,3,6-7,9-10H2,1-2H3,(H,18,20). The minimum absolute atomic E-state index is 0.0425. The van der Waals surface area contributed by atoms with Gasteiger partial charge in [0.25, 0.3) is 5.91 Å². The van der Waals surface area contributed by atoms with Crippen LogP contribution in [0.4, 0.5) is 4.39 Å². The monoisotopic (exact) mass is 317 g/mol. The predicted molar refractivity (Wildman–Crippen MR) is 80.0 cm³/mol. The van der Waals surface area contributed by atoms with E-state index in [2.05, 4.69) is 5.32 Å². The highest BCUT2D eigenvalue weighted by Gasteiger charge is 2.15. The smallest absolute Gasteiger partial charge is 0.257 e. The average Bonchev–Trinajstić information content (AvgIpc) is 2.45. The van der Waals surface area contributed by atoms with Gasteiger partial charge >= 0.3 is 0 Å². The zero-order valence-electron chi connectivity index (χ0n) is 12.3. The number of carbonyl (C=O) groups is 1. The van der Waals surface area contributed by atoms with Crippen LogP contribution in [0.25, 0.3) is 0 Å². The van der Waals surface area contributed by atoms with Crippen LogP contribution in [-0.4, -0.2) is 30.8 Å². The van der Waals surface area contributed by atoms with Crippen LogP contribution in [0.15, 0.2) is 18.2 Å². The molecule has 0 spiro atoms. The minimum Gasteiger partial charge on any atom is -0.484 e. The minimum atomic E-state index is -0.528. The third kappa shape index (κ3) is 6.78. The number of rotatable bonds is 8. The Morgan fingerprint density at radius 1 is 1.48 bits per heavy atom. The first-order valence-corrected chi connectivity index (χ1v) is 7.17. The third-order valence-electron chi connectivity index (χ3n) is 3.04. The van der Waals surface area contributed by atoms with Crippen molar-refractivity contribution >= 4 is 17.5 Å². The lowest BCUT2D eigenvalue weighted by molar-refractivity contribution is -0.123. The van der Waals surface area contributed by atoms with Crippen molar-refractivity contribution in [1.82, 2.24) is 5.32 Å². The first-order chi connectivity index (χ1) is 9.84. The fraction of sp³-hybridized carbons (Fsp3) is 0.533. The van der Waals surface area contributed by atoms with Gasteiger partial charge in [-0.15, -0.1) is 0 Å². The second-order valence-corrected chi connectivity index (χ2v) is 6.05. The van der Waals surface area contributed by atoms with Gasteiger partial charge in [-0.3, -0.25) is 4.79 Å². The molecule has 0 atom stereocenters. The lowest BCUT2D eigenvalue weighted by atomic mass is 9.89. The Morgan fingerprint density at radius 2 is 2.19 bits per heavy atom. The van der Waals surface area contributed by atoms with Crippen molar-refractivity contribution < 1.29 is 19.0 Å². The SMILES string of the molecule is CC(C)(CO)CCCNC(=O)COc1ccc(F)c(Cl)c1. The number of hydrogen-bond donors (Lipinski definition) is 2. The van der Waals surface area contributed by atoms with Gasteiger partial charge in [0.15, 0.2) is 6.61 Å². The molecular weight excluding hydrogens is 297 g/mol. The van der Waals surface area contributed by atoms with Crippen molar-refractivity contribution in [3.63, 3.8) is 0 Å². The molecule has 0 aromatic heterocycles. The molecule has 0 aliphatic rings. The number of ether oxygens (including phenoxy) is 1. The first-order valence-electron chi connectivity index (χ1n) is 6.79. The van der Waals surface area contributed by atoms with Crippen molar-refractivity contribution in [1.29, 1.82) is 0 Å². The van der Waals surface area contributed by atoms with E-state index in [1.807, 2.05) is 13.8 Å². The summed E-state index contributed by atoms with van der Waals surface area (Å²) in [5, 5.41) is 11.8. The molecule has 6 heteroatoms. The van der Waals surface area contributed by atoms with Gasteiger partial charge in [0, 0.05) is 19.2 Å². The number of nitrogens with one attached hydrogen (secondary N) is 1. The third-order valence-corrected chi connectivity index (χ3v) is 3.33. The summed E-state index contributed by atoms with van der Waals surface area (Å²) in [4.78, 5) is 11.6. The summed E-state index contributed by atoms with van der Waals surface area (Å²) in [5.41, 5.74) is -0.133. The van der Waals surface area contributed by atoms with E-state index in [9.17, 15) is 9.18 Å². The van der Waals surface area contributed by atoms with Crippen molar-refractivity contribution in [2.45, 2.75) is 26.7 Å². The number of hydrogen-bond acceptors (Lipinski definition) is 3. The van der Waals surface area contributed by atoms with Crippen LogP contribution in [-0.2, 0) is 4.79 Å². The molecule has 0 radical (unpaired) electrons. The van der Waals surface area contributed by atoms with Crippen molar-refractivity contribution in [2.75, 3.05) is 19.8 Å². The van der Waals surface area contributed by atoms with Crippen LogP contribution < -0.4 is 10.1 Å². The van der Waals surface area contributed by atoms with Gasteiger partial charge in [-0.2, -0.15) is 0 Å². The molecular formula is C15H21ClFNO3. The molecule has 0 saturated carbocycles. The van der Waals surface area contributed by atoms with E-state index in [0.29, 0.717) is 12.3 Å². The fourth-order valence-corrected chi connectivity index (χ4v) is 1.81. The van der Waals surface area contributed by atoms with E-state index in [1.54, 1.807) is 0 Å². The molecule has 0 aliphatic carbocycles. The zero-order chi connectivity index (χ0) is 15.9. The number of halogens is 2. The number of carbonyl (C=O) groups excluding carboxylic acids is 1. The molecule has 21 heavy (non-hydrogen) atoms. The lowest BCUT2D eigenvalue weighted by Crippen LogP contribution is -2.30. The van der Waals surface area contributed by atoms with Crippen LogP contribution >= 0.6 is 11.6 Å². The van der Waals surface area contributed by atoms with Gasteiger partial charge in [0.05, 0.1) is 5.02 Å². The molecule has 1 aromatic carbocycles. The zero-order valence-corrected chi connectivity index (χ0v) is 13.0. The number of benzene rings is 1. The maximum atomic E-state index is 12.9. The number of aliphatic hydroxyl groups excluding tert-OH is 1. The van der Waals surface area contributed by atoms with E-state index in [1.165, 1.54) is 18.2 Å². The largest absolute Gasteiger partial charge is 0.484 e. The van der Waals surface area contributed by atoms with Crippen LogP contribution in [0.2, 0.25) is 5.02 Å². The van der Waals surface area contributed by atoms with Crippen LogP contribution in [0.1, 0.15) is 26.7 Å². The van der Waals surface area contributed by atoms with E-state index in [-0.39, 0.29) is 29.6 Å². The van der Waals surface area contributed by atoms with Crippen molar-refractivity contribution in [2.24, 2.45) is 5.41 Å². The van der Waals surface area contributed by atoms with Gasteiger partial charge in [-0.1, -0.05) is 25.4 Å². The average molecular weight is 318 g/mol. The summed E-state index contributed by atoms with van der Waals surface area (Å²) >= 11 is 5.61. The van der Waals surface area contributed by atoms with Crippen molar-refractivity contribution in [3.8, 4) is 5.75 Å². The number of amides is 1. The Labute approximate surface area is 129 Å². The molecule has 118 valence electrons. The topological polar surface area (TPSA) is 58.6 Å². The summed E-state index contributed by atoms with van der Waals surface area (Å²) in [6, 6.07) is 3.93. The molecule has 0 fully saturated rings. The molecule has 0 bridgehead atoms. The molecule has 0 aliphatic heterocycles. The summed E-state index contributed by atoms with van der Waals surface area (Å²) in [6.45, 7) is 4.43. The molecule has 1 rings (SSSR count). The van der Waals surface area contributed by atoms with Gasteiger partial charge in [-0.05, 0) is 30.4 Å². The maximum absolute atomic E-state index is 12.9. The predicted octanol–water partition coefficient (Wildman–Crippen LogP) is 2.77. The van der Waals surface area contributed by atoms with Gasteiger partial charge < -0.3 is 15.2 Å². The molecule has 1 amide bonds. The van der Waals surface area contributed by atoms with Gasteiger partial charge in [0.1, 0.15) is 11.6 Å².